The molecule has 0 saturated carbocycles. The van der Waals surface area contributed by atoms with E-state index in [1.807, 2.05) is 0 Å². The van der Waals surface area contributed by atoms with Gasteiger partial charge in [0.15, 0.2) is 0 Å². The number of nitrogens with zero attached hydrogens (tertiary/aromatic N) is 3. The average Bonchev–Trinajstić information content (AvgIpc) is 2.51. The molecule has 1 aromatic carbocycles. The van der Waals surface area contributed by atoms with Gasteiger partial charge in [0, 0.05) is 37.0 Å². The zero-order valence-corrected chi connectivity index (χ0v) is 13.6. The molecule has 2 heterocycles. The van der Waals surface area contributed by atoms with Gasteiger partial charge < -0.3 is 0 Å². The summed E-state index contributed by atoms with van der Waals surface area (Å²) in [5.74, 6) is -1.20. The van der Waals surface area contributed by atoms with Crippen molar-refractivity contribution in [3.05, 3.63) is 80.9 Å². The molecule has 0 unspecified atom stereocenters. The quantitative estimate of drug-likeness (QED) is 0.725. The molecular weight excluding hydrogens is 336 g/mol. The molecule has 7 heteroatoms. The highest BCUT2D eigenvalue weighted by Crippen LogP contribution is 2.13. The molecule has 24 heavy (non-hydrogen) atoms. The van der Waals surface area contributed by atoms with Gasteiger partial charge in [-0.25, -0.2) is 13.8 Å². The highest BCUT2D eigenvalue weighted by Gasteiger charge is 2.10. The Morgan fingerprint density at radius 2 is 1.96 bits per heavy atom. The lowest BCUT2D eigenvalue weighted by atomic mass is 10.2. The molecule has 0 bridgehead atoms. The second-order valence-electron chi connectivity index (χ2n) is 5.57. The minimum Gasteiger partial charge on any atom is -0.296 e. The van der Waals surface area contributed by atoms with Gasteiger partial charge in [0.1, 0.15) is 17.3 Å². The number of aromatic nitrogens is 2. The molecule has 0 N–H and O–H groups in total. The van der Waals surface area contributed by atoms with Crippen LogP contribution in [0.1, 0.15) is 11.3 Å². The number of halogens is 3. The van der Waals surface area contributed by atoms with E-state index in [1.54, 1.807) is 24.1 Å². The predicted octanol–water partition coefficient (Wildman–Crippen LogP) is 3.26. The van der Waals surface area contributed by atoms with E-state index in [0.29, 0.717) is 28.5 Å². The van der Waals surface area contributed by atoms with Crippen LogP contribution in [0.4, 0.5) is 8.78 Å². The molecule has 0 fully saturated rings. The summed E-state index contributed by atoms with van der Waals surface area (Å²) in [6.45, 7) is 0.624. The Labute approximate surface area is 141 Å². The van der Waals surface area contributed by atoms with Crippen LogP contribution < -0.4 is 5.56 Å². The average molecular weight is 350 g/mol. The van der Waals surface area contributed by atoms with Gasteiger partial charge in [-0.1, -0.05) is 17.7 Å². The highest BCUT2D eigenvalue weighted by atomic mass is 35.5. The number of rotatable bonds is 4. The topological polar surface area (TPSA) is 37.6 Å². The van der Waals surface area contributed by atoms with Crippen molar-refractivity contribution in [2.45, 2.75) is 13.1 Å². The lowest BCUT2D eigenvalue weighted by molar-refractivity contribution is 0.309. The fraction of sp³-hybridized carbons (Fsp3) is 0.176. The molecule has 0 aliphatic rings. The van der Waals surface area contributed by atoms with Crippen LogP contribution in [-0.4, -0.2) is 21.3 Å². The van der Waals surface area contributed by atoms with Gasteiger partial charge in [-0.05, 0) is 25.2 Å². The van der Waals surface area contributed by atoms with Crippen LogP contribution in [0.15, 0.2) is 47.4 Å². The van der Waals surface area contributed by atoms with Crippen molar-refractivity contribution in [1.29, 1.82) is 0 Å². The summed E-state index contributed by atoms with van der Waals surface area (Å²) < 4.78 is 28.0. The minimum atomic E-state index is -0.609. The molecule has 2 aromatic heterocycles. The summed E-state index contributed by atoms with van der Waals surface area (Å²) in [5.41, 5.74) is 1.19. The summed E-state index contributed by atoms with van der Waals surface area (Å²) in [6.07, 6.45) is 1.51. The monoisotopic (exact) mass is 349 g/mol. The first kappa shape index (κ1) is 16.5. The first-order chi connectivity index (χ1) is 11.4. The van der Waals surface area contributed by atoms with Crippen molar-refractivity contribution in [2.75, 3.05) is 7.05 Å². The van der Waals surface area contributed by atoms with Crippen LogP contribution in [-0.2, 0) is 13.1 Å². The maximum Gasteiger partial charge on any atom is 0.258 e. The van der Waals surface area contributed by atoms with Gasteiger partial charge in [0.25, 0.3) is 5.56 Å². The minimum absolute atomic E-state index is 0.237. The number of fused-ring (bicyclic) bond motifs is 1. The molecule has 0 aliphatic carbocycles. The second-order valence-corrected chi connectivity index (χ2v) is 6.01. The van der Waals surface area contributed by atoms with Crippen LogP contribution in [0.2, 0.25) is 5.02 Å². The summed E-state index contributed by atoms with van der Waals surface area (Å²) in [7, 11) is 1.77. The third-order valence-electron chi connectivity index (χ3n) is 3.56. The Bertz CT molecular complexity index is 958. The largest absolute Gasteiger partial charge is 0.296 e. The van der Waals surface area contributed by atoms with Crippen molar-refractivity contribution in [3.8, 4) is 0 Å². The lowest BCUT2D eigenvalue weighted by Crippen LogP contribution is -2.22. The van der Waals surface area contributed by atoms with E-state index in [9.17, 15) is 13.6 Å². The first-order valence-corrected chi connectivity index (χ1v) is 7.60. The Morgan fingerprint density at radius 3 is 2.71 bits per heavy atom. The van der Waals surface area contributed by atoms with E-state index >= 15 is 0 Å². The second kappa shape index (κ2) is 6.67. The van der Waals surface area contributed by atoms with Crippen LogP contribution in [0.3, 0.4) is 0 Å². The molecular formula is C17H14ClF2N3O. The lowest BCUT2D eigenvalue weighted by Gasteiger charge is -2.17. The van der Waals surface area contributed by atoms with Crippen LogP contribution in [0.25, 0.3) is 5.65 Å². The van der Waals surface area contributed by atoms with Crippen LogP contribution >= 0.6 is 11.6 Å². The summed E-state index contributed by atoms with van der Waals surface area (Å²) in [4.78, 5) is 18.3. The van der Waals surface area contributed by atoms with E-state index in [1.165, 1.54) is 28.8 Å². The Morgan fingerprint density at radius 1 is 1.17 bits per heavy atom. The Hall–Kier alpha value is -2.31. The zero-order chi connectivity index (χ0) is 17.3. The third kappa shape index (κ3) is 3.60. The summed E-state index contributed by atoms with van der Waals surface area (Å²) in [6, 6.07) is 8.22. The highest BCUT2D eigenvalue weighted by molar-refractivity contribution is 6.30. The van der Waals surface area contributed by atoms with Crippen molar-refractivity contribution in [3.63, 3.8) is 0 Å². The third-order valence-corrected chi connectivity index (χ3v) is 3.79. The molecule has 124 valence electrons. The maximum atomic E-state index is 13.7. The molecule has 4 nitrogen and oxygen atoms in total. The van der Waals surface area contributed by atoms with Gasteiger partial charge in [-0.3, -0.25) is 14.1 Å². The number of hydrogen-bond donors (Lipinski definition) is 0. The van der Waals surface area contributed by atoms with Gasteiger partial charge >= 0.3 is 0 Å². The normalized spacial score (nSPS) is 11.4. The molecule has 3 aromatic rings. The zero-order valence-electron chi connectivity index (χ0n) is 12.8. The van der Waals surface area contributed by atoms with Crippen molar-refractivity contribution < 1.29 is 8.78 Å². The maximum absolute atomic E-state index is 13.7. The fourth-order valence-electron chi connectivity index (χ4n) is 2.48. The molecule has 0 radical (unpaired) electrons. The fourth-order valence-corrected chi connectivity index (χ4v) is 2.64. The van der Waals surface area contributed by atoms with Crippen LogP contribution in [0, 0.1) is 11.6 Å². The van der Waals surface area contributed by atoms with Gasteiger partial charge in [0.05, 0.1) is 10.7 Å². The van der Waals surface area contributed by atoms with Gasteiger partial charge in [-0.2, -0.15) is 0 Å². The van der Waals surface area contributed by atoms with E-state index in [-0.39, 0.29) is 12.1 Å². The van der Waals surface area contributed by atoms with E-state index in [2.05, 4.69) is 4.98 Å². The number of pyridine rings is 1. The summed E-state index contributed by atoms with van der Waals surface area (Å²) >= 11 is 5.87. The van der Waals surface area contributed by atoms with Gasteiger partial charge in [-0.15, -0.1) is 0 Å². The molecule has 0 aliphatic heterocycles. The smallest absolute Gasteiger partial charge is 0.258 e. The number of hydrogen-bond acceptors (Lipinski definition) is 3. The Balaban J connectivity index is 1.81. The molecule has 0 saturated heterocycles. The molecule has 3 rings (SSSR count). The summed E-state index contributed by atoms with van der Waals surface area (Å²) in [5, 5.41) is 0.447. The standard InChI is InChI=1S/C17H14ClF2N3O/c1-22(8-11-2-4-13(19)6-15(11)20)10-14-7-17(24)23-9-12(18)3-5-16(23)21-14/h2-7,9H,8,10H2,1H3. The first-order valence-electron chi connectivity index (χ1n) is 7.23. The number of benzene rings is 1. The van der Waals surface area contributed by atoms with Crippen molar-refractivity contribution >= 4 is 17.2 Å². The van der Waals surface area contributed by atoms with Gasteiger partial charge in [0.2, 0.25) is 0 Å². The van der Waals surface area contributed by atoms with E-state index in [4.69, 9.17) is 11.6 Å². The van der Waals surface area contributed by atoms with Crippen molar-refractivity contribution in [1.82, 2.24) is 14.3 Å². The van der Waals surface area contributed by atoms with E-state index in [0.717, 1.165) is 6.07 Å². The van der Waals surface area contributed by atoms with E-state index < -0.39 is 11.6 Å². The van der Waals surface area contributed by atoms with Crippen molar-refractivity contribution in [2.24, 2.45) is 0 Å². The van der Waals surface area contributed by atoms with Crippen LogP contribution in [0.5, 0.6) is 0 Å². The molecule has 0 spiro atoms. The SMILES string of the molecule is CN(Cc1cc(=O)n2cc(Cl)ccc2n1)Cc1ccc(F)cc1F. The predicted molar refractivity (Wildman–Crippen MR) is 88.0 cm³/mol. The Kier molecular flexibility index (Phi) is 4.59. The molecule has 0 atom stereocenters. The molecule has 0 amide bonds.